The molecule has 2 unspecified atom stereocenters. The molecule has 94 valence electrons. The number of hydrogen-bond acceptors (Lipinski definition) is 5. The smallest absolute Gasteiger partial charge is 0.235 e. The van der Waals surface area contributed by atoms with Crippen molar-refractivity contribution in [3.05, 3.63) is 41.3 Å². The predicted octanol–water partition coefficient (Wildman–Crippen LogP) is 0.482. The minimum absolute atomic E-state index is 0.0454. The maximum Gasteiger partial charge on any atom is 0.235 e. The molecule has 0 aromatic heterocycles. The lowest BCUT2D eigenvalue weighted by atomic mass is 9.79. The lowest BCUT2D eigenvalue weighted by Gasteiger charge is -2.27. The molecule has 0 radical (unpaired) electrons. The molecule has 1 aromatic carbocycles. The Morgan fingerprint density at radius 2 is 2.05 bits per heavy atom. The van der Waals surface area contributed by atoms with Crippen molar-refractivity contribution in [3.8, 4) is 17.9 Å². The average Bonchev–Trinajstić information content (AvgIpc) is 2.39. The number of ether oxygens (including phenoxy) is 1. The van der Waals surface area contributed by atoms with Crippen LogP contribution < -0.4 is 16.2 Å². The van der Waals surface area contributed by atoms with E-state index in [9.17, 15) is 4.79 Å². The van der Waals surface area contributed by atoms with Gasteiger partial charge in [-0.15, -0.1) is 0 Å². The molecule has 19 heavy (non-hydrogen) atoms. The van der Waals surface area contributed by atoms with Crippen molar-refractivity contribution in [3.63, 3.8) is 0 Å². The molecule has 4 N–H and O–H groups in total. The van der Waals surface area contributed by atoms with Gasteiger partial charge in [0.2, 0.25) is 11.8 Å². The van der Waals surface area contributed by atoms with E-state index in [-0.39, 0.29) is 11.5 Å². The standard InChI is InChI=1S/C13H10N4O2/c14-5-8(12(16)18)11-7-3-1-2-4-10(7)19-13(17)9(11)6-15/h1-4,8,11H,17H2,(H2,16,18). The zero-order valence-corrected chi connectivity index (χ0v) is 9.83. The molecule has 0 aliphatic carbocycles. The van der Waals surface area contributed by atoms with Crippen LogP contribution in [0.15, 0.2) is 35.7 Å². The highest BCUT2D eigenvalue weighted by Crippen LogP contribution is 2.41. The average molecular weight is 254 g/mol. The van der Waals surface area contributed by atoms with Gasteiger partial charge in [-0.3, -0.25) is 4.79 Å². The summed E-state index contributed by atoms with van der Waals surface area (Å²) in [5.74, 6) is -2.45. The van der Waals surface area contributed by atoms with Gasteiger partial charge in [-0.25, -0.2) is 0 Å². The second-order valence-corrected chi connectivity index (χ2v) is 4.02. The van der Waals surface area contributed by atoms with E-state index in [0.29, 0.717) is 11.3 Å². The van der Waals surface area contributed by atoms with Crippen LogP contribution in [0.2, 0.25) is 0 Å². The molecular formula is C13H10N4O2. The number of fused-ring (bicyclic) bond motifs is 1. The summed E-state index contributed by atoms with van der Waals surface area (Å²) in [6, 6.07) is 10.5. The van der Waals surface area contributed by atoms with E-state index in [1.54, 1.807) is 24.3 Å². The Labute approximate surface area is 109 Å². The Hall–Kier alpha value is -2.99. The van der Waals surface area contributed by atoms with E-state index in [0.717, 1.165) is 0 Å². The summed E-state index contributed by atoms with van der Waals surface area (Å²) < 4.78 is 5.31. The summed E-state index contributed by atoms with van der Waals surface area (Å²) in [4.78, 5) is 11.4. The van der Waals surface area contributed by atoms with Crippen LogP contribution in [-0.4, -0.2) is 5.91 Å². The van der Waals surface area contributed by atoms with Crippen molar-refractivity contribution in [1.29, 1.82) is 10.5 Å². The van der Waals surface area contributed by atoms with Gasteiger partial charge in [0.05, 0.1) is 17.6 Å². The monoisotopic (exact) mass is 254 g/mol. The van der Waals surface area contributed by atoms with Crippen LogP contribution in [0.25, 0.3) is 0 Å². The Kier molecular flexibility index (Phi) is 3.09. The van der Waals surface area contributed by atoms with Crippen molar-refractivity contribution in [2.45, 2.75) is 5.92 Å². The van der Waals surface area contributed by atoms with Gasteiger partial charge >= 0.3 is 0 Å². The normalized spacial score (nSPS) is 18.5. The highest BCUT2D eigenvalue weighted by atomic mass is 16.5. The van der Waals surface area contributed by atoms with E-state index in [4.69, 9.17) is 26.7 Å². The fourth-order valence-electron chi connectivity index (χ4n) is 2.09. The number of carbonyl (C=O) groups is 1. The van der Waals surface area contributed by atoms with Crippen LogP contribution in [0.3, 0.4) is 0 Å². The minimum atomic E-state index is -1.17. The maximum atomic E-state index is 11.4. The van der Waals surface area contributed by atoms with Gasteiger partial charge in [-0.1, -0.05) is 18.2 Å². The van der Waals surface area contributed by atoms with E-state index < -0.39 is 17.7 Å². The summed E-state index contributed by atoms with van der Waals surface area (Å²) in [5.41, 5.74) is 11.5. The molecule has 0 fully saturated rings. The maximum absolute atomic E-state index is 11.4. The number of carbonyl (C=O) groups excluding carboxylic acids is 1. The van der Waals surface area contributed by atoms with Crippen LogP contribution in [0.1, 0.15) is 11.5 Å². The van der Waals surface area contributed by atoms with E-state index in [1.807, 2.05) is 12.1 Å². The highest BCUT2D eigenvalue weighted by Gasteiger charge is 2.38. The molecule has 1 aromatic rings. The van der Waals surface area contributed by atoms with Gasteiger partial charge in [-0.05, 0) is 6.07 Å². The lowest BCUT2D eigenvalue weighted by molar-refractivity contribution is -0.120. The Morgan fingerprint density at radius 1 is 1.37 bits per heavy atom. The molecule has 1 aliphatic rings. The number of para-hydroxylation sites is 1. The number of hydrogen-bond donors (Lipinski definition) is 2. The first kappa shape index (κ1) is 12.5. The van der Waals surface area contributed by atoms with Crippen LogP contribution in [-0.2, 0) is 4.79 Å². The SMILES string of the molecule is N#CC1=C(N)Oc2ccccc2C1C(C#N)C(N)=O. The van der Waals surface area contributed by atoms with Gasteiger partial charge < -0.3 is 16.2 Å². The second kappa shape index (κ2) is 4.71. The van der Waals surface area contributed by atoms with Crippen molar-refractivity contribution >= 4 is 5.91 Å². The fourth-order valence-corrected chi connectivity index (χ4v) is 2.09. The van der Waals surface area contributed by atoms with E-state index >= 15 is 0 Å². The highest BCUT2D eigenvalue weighted by molar-refractivity contribution is 5.82. The van der Waals surface area contributed by atoms with Crippen molar-refractivity contribution in [2.75, 3.05) is 0 Å². The number of primary amides is 1. The van der Waals surface area contributed by atoms with Crippen LogP contribution >= 0.6 is 0 Å². The van der Waals surface area contributed by atoms with Crippen molar-refractivity contribution < 1.29 is 9.53 Å². The van der Waals surface area contributed by atoms with Gasteiger partial charge in [0.15, 0.2) is 0 Å². The summed E-state index contributed by atoms with van der Waals surface area (Å²) in [5, 5.41) is 18.3. The molecule has 2 atom stereocenters. The number of nitrogens with two attached hydrogens (primary N) is 2. The van der Waals surface area contributed by atoms with Gasteiger partial charge in [0.25, 0.3) is 0 Å². The number of nitriles is 2. The topological polar surface area (TPSA) is 126 Å². The van der Waals surface area contributed by atoms with Gasteiger partial charge in [0, 0.05) is 5.56 Å². The van der Waals surface area contributed by atoms with E-state index in [2.05, 4.69) is 0 Å². The molecule has 1 aliphatic heterocycles. The van der Waals surface area contributed by atoms with Crippen molar-refractivity contribution in [2.24, 2.45) is 17.4 Å². The zero-order chi connectivity index (χ0) is 14.0. The fraction of sp³-hybridized carbons (Fsp3) is 0.154. The molecule has 1 heterocycles. The Bertz CT molecular complexity index is 651. The number of nitrogens with zero attached hydrogens (tertiary/aromatic N) is 2. The predicted molar refractivity (Wildman–Crippen MR) is 64.9 cm³/mol. The minimum Gasteiger partial charge on any atom is -0.440 e. The molecular weight excluding hydrogens is 244 g/mol. The molecule has 6 nitrogen and oxygen atoms in total. The van der Waals surface area contributed by atoms with E-state index in [1.165, 1.54) is 0 Å². The summed E-state index contributed by atoms with van der Waals surface area (Å²) in [6.45, 7) is 0. The molecule has 0 saturated heterocycles. The third-order valence-corrected chi connectivity index (χ3v) is 2.95. The van der Waals surface area contributed by atoms with Crippen LogP contribution in [0.5, 0.6) is 5.75 Å². The Balaban J connectivity index is 2.65. The summed E-state index contributed by atoms with van der Waals surface area (Å²) >= 11 is 0. The quantitative estimate of drug-likeness (QED) is 0.793. The third kappa shape index (κ3) is 1.96. The van der Waals surface area contributed by atoms with Gasteiger partial charge in [0.1, 0.15) is 17.7 Å². The first-order valence-corrected chi connectivity index (χ1v) is 5.45. The largest absolute Gasteiger partial charge is 0.440 e. The zero-order valence-electron chi connectivity index (χ0n) is 9.83. The molecule has 0 saturated carbocycles. The first-order valence-electron chi connectivity index (χ1n) is 5.45. The summed E-state index contributed by atoms with van der Waals surface area (Å²) in [7, 11) is 0. The first-order chi connectivity index (χ1) is 9.10. The molecule has 0 bridgehead atoms. The number of benzene rings is 1. The van der Waals surface area contributed by atoms with Crippen LogP contribution in [0, 0.1) is 28.6 Å². The Morgan fingerprint density at radius 3 is 2.63 bits per heavy atom. The van der Waals surface area contributed by atoms with Gasteiger partial charge in [-0.2, -0.15) is 10.5 Å². The number of rotatable bonds is 2. The number of allylic oxidation sites excluding steroid dienone is 1. The van der Waals surface area contributed by atoms with Crippen LogP contribution in [0.4, 0.5) is 0 Å². The van der Waals surface area contributed by atoms with Crippen molar-refractivity contribution in [1.82, 2.24) is 0 Å². The molecule has 0 spiro atoms. The molecule has 2 rings (SSSR count). The molecule has 1 amide bonds. The lowest BCUT2D eigenvalue weighted by Crippen LogP contribution is -2.32. The third-order valence-electron chi connectivity index (χ3n) is 2.95. The molecule has 6 heteroatoms. The summed E-state index contributed by atoms with van der Waals surface area (Å²) in [6.07, 6.45) is 0. The second-order valence-electron chi connectivity index (χ2n) is 4.02. The number of amides is 1.